The molecular formula is C9H7F3N2O2. The van der Waals surface area contributed by atoms with Crippen LogP contribution in [0.25, 0.3) is 0 Å². The number of anilines is 1. The molecule has 1 rings (SSSR count). The maximum atomic E-state index is 12.3. The third-order valence-corrected chi connectivity index (χ3v) is 1.64. The lowest BCUT2D eigenvalue weighted by Crippen LogP contribution is -2.27. The number of imide groups is 1. The van der Waals surface area contributed by atoms with E-state index >= 15 is 0 Å². The first kappa shape index (κ1) is 12.0. The number of hydrogen-bond donors (Lipinski definition) is 2. The van der Waals surface area contributed by atoms with Crippen LogP contribution in [0.3, 0.4) is 0 Å². The quantitative estimate of drug-likeness (QED) is 0.766. The number of benzene rings is 1. The van der Waals surface area contributed by atoms with Gasteiger partial charge in [0.2, 0.25) is 6.41 Å². The van der Waals surface area contributed by atoms with E-state index < -0.39 is 17.8 Å². The molecule has 0 aromatic heterocycles. The SMILES string of the molecule is O=CNC(=O)Nc1cccc(C(F)(F)F)c1. The van der Waals surface area contributed by atoms with Crippen molar-refractivity contribution in [2.24, 2.45) is 0 Å². The van der Waals surface area contributed by atoms with Crippen molar-refractivity contribution < 1.29 is 22.8 Å². The summed E-state index contributed by atoms with van der Waals surface area (Å²) in [6.45, 7) is 0. The molecule has 0 aliphatic rings. The molecule has 0 spiro atoms. The Morgan fingerprint density at radius 1 is 1.31 bits per heavy atom. The predicted molar refractivity (Wildman–Crippen MR) is 49.7 cm³/mol. The Hall–Kier alpha value is -2.05. The molecule has 1 aromatic rings. The molecule has 2 N–H and O–H groups in total. The van der Waals surface area contributed by atoms with Gasteiger partial charge in [0.15, 0.2) is 0 Å². The van der Waals surface area contributed by atoms with Gasteiger partial charge in [0.05, 0.1) is 5.56 Å². The van der Waals surface area contributed by atoms with E-state index in [2.05, 4.69) is 5.32 Å². The molecular weight excluding hydrogens is 225 g/mol. The number of rotatable bonds is 2. The number of nitrogens with one attached hydrogen (secondary N) is 2. The molecule has 4 nitrogen and oxygen atoms in total. The van der Waals surface area contributed by atoms with E-state index in [0.717, 1.165) is 18.2 Å². The summed E-state index contributed by atoms with van der Waals surface area (Å²) in [4.78, 5) is 20.7. The average molecular weight is 232 g/mol. The standard InChI is InChI=1S/C9H7F3N2O2/c10-9(11,12)6-2-1-3-7(4-6)14-8(16)13-5-15/h1-5H,(H2,13,14,15,16). The molecule has 0 atom stereocenters. The third-order valence-electron chi connectivity index (χ3n) is 1.64. The largest absolute Gasteiger partial charge is 0.416 e. The number of amides is 3. The van der Waals surface area contributed by atoms with E-state index in [1.165, 1.54) is 6.07 Å². The van der Waals surface area contributed by atoms with E-state index in [-0.39, 0.29) is 12.1 Å². The maximum Gasteiger partial charge on any atom is 0.416 e. The summed E-state index contributed by atoms with van der Waals surface area (Å²) in [6.07, 6.45) is -4.35. The lowest BCUT2D eigenvalue weighted by Gasteiger charge is -2.09. The molecule has 1 aromatic carbocycles. The van der Waals surface area contributed by atoms with Gasteiger partial charge in [0, 0.05) is 5.69 Å². The van der Waals surface area contributed by atoms with Crippen LogP contribution in [0.2, 0.25) is 0 Å². The van der Waals surface area contributed by atoms with Crippen molar-refractivity contribution in [3.05, 3.63) is 29.8 Å². The summed E-state index contributed by atoms with van der Waals surface area (Å²) >= 11 is 0. The number of hydrogen-bond acceptors (Lipinski definition) is 2. The maximum absolute atomic E-state index is 12.3. The van der Waals surface area contributed by atoms with Gasteiger partial charge in [-0.15, -0.1) is 0 Å². The zero-order valence-electron chi connectivity index (χ0n) is 7.84. The zero-order valence-corrected chi connectivity index (χ0v) is 7.84. The summed E-state index contributed by atoms with van der Waals surface area (Å²) in [6, 6.07) is 3.18. The average Bonchev–Trinajstić information content (AvgIpc) is 2.17. The fourth-order valence-electron chi connectivity index (χ4n) is 0.994. The normalized spacial score (nSPS) is 10.7. The number of carbonyl (C=O) groups excluding carboxylic acids is 2. The van der Waals surface area contributed by atoms with Gasteiger partial charge in [-0.3, -0.25) is 10.1 Å². The van der Waals surface area contributed by atoms with Gasteiger partial charge in [-0.2, -0.15) is 13.2 Å². The molecule has 16 heavy (non-hydrogen) atoms. The van der Waals surface area contributed by atoms with Crippen LogP contribution in [-0.4, -0.2) is 12.4 Å². The van der Waals surface area contributed by atoms with Gasteiger partial charge in [0.25, 0.3) is 0 Å². The molecule has 86 valence electrons. The summed E-state index contributed by atoms with van der Waals surface area (Å²) in [7, 11) is 0. The third kappa shape index (κ3) is 3.26. The van der Waals surface area contributed by atoms with Crippen molar-refractivity contribution in [1.29, 1.82) is 0 Å². The van der Waals surface area contributed by atoms with Crippen molar-refractivity contribution in [2.45, 2.75) is 6.18 Å². The fourth-order valence-corrected chi connectivity index (χ4v) is 0.994. The van der Waals surface area contributed by atoms with E-state index in [4.69, 9.17) is 0 Å². The minimum Gasteiger partial charge on any atom is -0.308 e. The van der Waals surface area contributed by atoms with Crippen molar-refractivity contribution >= 4 is 18.1 Å². The van der Waals surface area contributed by atoms with Gasteiger partial charge >= 0.3 is 12.2 Å². The molecule has 0 heterocycles. The first-order chi connectivity index (χ1) is 7.43. The van der Waals surface area contributed by atoms with Crippen LogP contribution >= 0.6 is 0 Å². The zero-order chi connectivity index (χ0) is 12.2. The number of carbonyl (C=O) groups is 2. The molecule has 0 aliphatic carbocycles. The van der Waals surface area contributed by atoms with Crippen LogP contribution in [0, 0.1) is 0 Å². The topological polar surface area (TPSA) is 58.2 Å². The second kappa shape index (κ2) is 4.65. The highest BCUT2D eigenvalue weighted by Gasteiger charge is 2.30. The van der Waals surface area contributed by atoms with E-state index in [1.807, 2.05) is 0 Å². The molecule has 0 radical (unpaired) electrons. The Balaban J connectivity index is 2.83. The van der Waals surface area contributed by atoms with Crippen molar-refractivity contribution in [2.75, 3.05) is 5.32 Å². The van der Waals surface area contributed by atoms with Crippen LogP contribution in [0.15, 0.2) is 24.3 Å². The Bertz CT molecular complexity index is 404. The Kier molecular flexibility index (Phi) is 3.49. The Morgan fingerprint density at radius 2 is 2.00 bits per heavy atom. The lowest BCUT2D eigenvalue weighted by atomic mass is 10.2. The first-order valence-corrected chi connectivity index (χ1v) is 4.12. The van der Waals surface area contributed by atoms with E-state index in [9.17, 15) is 22.8 Å². The summed E-state index contributed by atoms with van der Waals surface area (Å²) in [5.74, 6) is 0. The molecule has 0 fully saturated rings. The minimum atomic E-state index is -4.47. The van der Waals surface area contributed by atoms with Crippen molar-refractivity contribution in [3.63, 3.8) is 0 Å². The van der Waals surface area contributed by atoms with Crippen LogP contribution < -0.4 is 10.6 Å². The van der Waals surface area contributed by atoms with Crippen molar-refractivity contribution in [3.8, 4) is 0 Å². The molecule has 0 saturated carbocycles. The van der Waals surface area contributed by atoms with E-state index in [1.54, 1.807) is 5.32 Å². The summed E-state index contributed by atoms with van der Waals surface area (Å²) in [5.41, 5.74) is -0.925. The Labute approximate surface area is 88.4 Å². The second-order valence-corrected chi connectivity index (χ2v) is 2.79. The van der Waals surface area contributed by atoms with Gasteiger partial charge in [0.1, 0.15) is 0 Å². The molecule has 0 bridgehead atoms. The lowest BCUT2D eigenvalue weighted by molar-refractivity contribution is -0.137. The predicted octanol–water partition coefficient (Wildman–Crippen LogP) is 1.98. The molecule has 0 aliphatic heterocycles. The first-order valence-electron chi connectivity index (χ1n) is 4.12. The van der Waals surface area contributed by atoms with Gasteiger partial charge in [-0.1, -0.05) is 6.07 Å². The van der Waals surface area contributed by atoms with Gasteiger partial charge in [-0.25, -0.2) is 4.79 Å². The molecule has 7 heteroatoms. The van der Waals surface area contributed by atoms with Gasteiger partial charge in [-0.05, 0) is 18.2 Å². The smallest absolute Gasteiger partial charge is 0.308 e. The highest BCUT2D eigenvalue weighted by molar-refractivity contribution is 5.95. The Morgan fingerprint density at radius 3 is 2.56 bits per heavy atom. The monoisotopic (exact) mass is 232 g/mol. The summed E-state index contributed by atoms with van der Waals surface area (Å²) in [5, 5.41) is 3.81. The summed E-state index contributed by atoms with van der Waals surface area (Å²) < 4.78 is 36.8. The molecule has 0 saturated heterocycles. The molecule has 0 unspecified atom stereocenters. The number of alkyl halides is 3. The van der Waals surface area contributed by atoms with Crippen molar-refractivity contribution in [1.82, 2.24) is 5.32 Å². The second-order valence-electron chi connectivity index (χ2n) is 2.79. The highest BCUT2D eigenvalue weighted by atomic mass is 19.4. The minimum absolute atomic E-state index is 0.0471. The van der Waals surface area contributed by atoms with Gasteiger partial charge < -0.3 is 5.32 Å². The fraction of sp³-hybridized carbons (Fsp3) is 0.111. The van der Waals surface area contributed by atoms with Crippen LogP contribution in [0.1, 0.15) is 5.56 Å². The van der Waals surface area contributed by atoms with E-state index in [0.29, 0.717) is 0 Å². The van der Waals surface area contributed by atoms with Crippen LogP contribution in [-0.2, 0) is 11.0 Å². The van der Waals surface area contributed by atoms with Crippen LogP contribution in [0.4, 0.5) is 23.7 Å². The van der Waals surface area contributed by atoms with Crippen LogP contribution in [0.5, 0.6) is 0 Å². The number of urea groups is 1. The number of halogens is 3. The molecule has 3 amide bonds. The highest BCUT2D eigenvalue weighted by Crippen LogP contribution is 2.30.